The normalized spacial score (nSPS) is 16.2. The molecule has 0 aliphatic carbocycles. The van der Waals surface area contributed by atoms with Crippen LogP contribution in [0, 0.1) is 0 Å². The van der Waals surface area contributed by atoms with Crippen molar-refractivity contribution < 1.29 is 37.4 Å². The van der Waals surface area contributed by atoms with Gasteiger partial charge in [0.05, 0.1) is 44.8 Å². The molecule has 0 spiro atoms. The standard InChI is InChI=1S/C25H36N3O8PS/c1-6-17(4)35-21-11-18(12-22(13-21)36-20-9-10-28(14-20)25(30)32-5)23(29)27-24-26-19(16-38-24)15-37(31,33-7-2)34-8-3/h11-13,16-17,20H,6-10,14-15H2,1-5H3,(H,26,27,29)/t17?,20-/m0/s1. The molecule has 0 saturated carbocycles. The minimum Gasteiger partial charge on any atom is -0.491 e. The topological polar surface area (TPSA) is 126 Å². The molecule has 2 heterocycles. The van der Waals surface area contributed by atoms with E-state index in [9.17, 15) is 14.2 Å². The summed E-state index contributed by atoms with van der Waals surface area (Å²) in [6.07, 6.45) is 0.751. The van der Waals surface area contributed by atoms with Crippen molar-refractivity contribution in [1.29, 1.82) is 0 Å². The molecule has 1 aliphatic heterocycles. The van der Waals surface area contributed by atoms with E-state index in [1.54, 1.807) is 42.3 Å². The summed E-state index contributed by atoms with van der Waals surface area (Å²) in [7, 11) is -1.97. The molecule has 1 aromatic carbocycles. The summed E-state index contributed by atoms with van der Waals surface area (Å²) in [5.74, 6) is 0.562. The van der Waals surface area contributed by atoms with Gasteiger partial charge in [0, 0.05) is 30.0 Å². The van der Waals surface area contributed by atoms with Crippen molar-refractivity contribution in [2.45, 2.75) is 58.9 Å². The first-order chi connectivity index (χ1) is 18.2. The van der Waals surface area contributed by atoms with E-state index in [4.69, 9.17) is 23.3 Å². The smallest absolute Gasteiger partial charge is 0.409 e. The summed E-state index contributed by atoms with van der Waals surface area (Å²) in [4.78, 5) is 31.0. The van der Waals surface area contributed by atoms with Crippen molar-refractivity contribution in [3.05, 3.63) is 34.8 Å². The Labute approximate surface area is 227 Å². The number of nitrogens with one attached hydrogen (secondary N) is 1. The predicted molar refractivity (Wildman–Crippen MR) is 144 cm³/mol. The summed E-state index contributed by atoms with van der Waals surface area (Å²) in [6, 6.07) is 5.02. The third-order valence-corrected chi connectivity index (χ3v) is 8.54. The molecule has 210 valence electrons. The van der Waals surface area contributed by atoms with Gasteiger partial charge in [-0.3, -0.25) is 14.7 Å². The molecule has 2 aromatic rings. The molecular formula is C25H36N3O8PS. The first kappa shape index (κ1) is 29.9. The second-order valence-corrected chi connectivity index (χ2v) is 11.6. The number of ether oxygens (including phenoxy) is 3. The van der Waals surface area contributed by atoms with Crippen molar-refractivity contribution in [3.63, 3.8) is 0 Å². The minimum atomic E-state index is -3.31. The third kappa shape index (κ3) is 8.42. The fourth-order valence-corrected chi connectivity index (χ4v) is 6.22. The lowest BCUT2D eigenvalue weighted by molar-refractivity contribution is 0.102. The molecule has 1 saturated heterocycles. The highest BCUT2D eigenvalue weighted by molar-refractivity contribution is 7.53. The lowest BCUT2D eigenvalue weighted by Gasteiger charge is -2.18. The Hall–Kier alpha value is -2.66. The number of hydrogen-bond acceptors (Lipinski definition) is 10. The van der Waals surface area contributed by atoms with Crippen LogP contribution in [0.2, 0.25) is 0 Å². The van der Waals surface area contributed by atoms with Crippen LogP contribution < -0.4 is 14.8 Å². The van der Waals surface area contributed by atoms with Crippen molar-refractivity contribution in [3.8, 4) is 11.5 Å². The lowest BCUT2D eigenvalue weighted by Crippen LogP contribution is -2.30. The van der Waals surface area contributed by atoms with E-state index in [0.29, 0.717) is 47.4 Å². The van der Waals surface area contributed by atoms with Crippen LogP contribution in [-0.2, 0) is 24.5 Å². The highest BCUT2D eigenvalue weighted by Gasteiger charge is 2.29. The van der Waals surface area contributed by atoms with Crippen molar-refractivity contribution in [2.24, 2.45) is 0 Å². The van der Waals surface area contributed by atoms with Gasteiger partial charge in [0.25, 0.3) is 5.91 Å². The maximum absolute atomic E-state index is 13.2. The number of thiazole rings is 1. The van der Waals surface area contributed by atoms with Crippen LogP contribution in [0.3, 0.4) is 0 Å². The van der Waals surface area contributed by atoms with Gasteiger partial charge < -0.3 is 28.2 Å². The Bertz CT molecular complexity index is 1130. The number of carbonyl (C=O) groups excluding carboxylic acids is 2. The van der Waals surface area contributed by atoms with Crippen LogP contribution in [0.25, 0.3) is 0 Å². The molecule has 11 nitrogen and oxygen atoms in total. The van der Waals surface area contributed by atoms with E-state index in [-0.39, 0.29) is 31.6 Å². The van der Waals surface area contributed by atoms with Gasteiger partial charge in [-0.1, -0.05) is 6.92 Å². The van der Waals surface area contributed by atoms with Gasteiger partial charge in [0.15, 0.2) is 5.13 Å². The molecular weight excluding hydrogens is 533 g/mol. The fourth-order valence-electron chi connectivity index (χ4n) is 3.79. The first-order valence-corrected chi connectivity index (χ1v) is 15.2. The van der Waals surface area contributed by atoms with E-state index < -0.39 is 19.6 Å². The summed E-state index contributed by atoms with van der Waals surface area (Å²) in [6.45, 7) is 8.87. The van der Waals surface area contributed by atoms with E-state index in [1.807, 2.05) is 13.8 Å². The van der Waals surface area contributed by atoms with Gasteiger partial charge in [-0.15, -0.1) is 11.3 Å². The summed E-state index contributed by atoms with van der Waals surface area (Å²) < 4.78 is 40.4. The fraction of sp³-hybridized carbons (Fsp3) is 0.560. The van der Waals surface area contributed by atoms with E-state index in [1.165, 1.54) is 18.4 Å². The molecule has 13 heteroatoms. The zero-order valence-electron chi connectivity index (χ0n) is 22.4. The Balaban J connectivity index is 1.74. The van der Waals surface area contributed by atoms with Gasteiger partial charge in [0.1, 0.15) is 17.6 Å². The van der Waals surface area contributed by atoms with Crippen molar-refractivity contribution in [1.82, 2.24) is 9.88 Å². The quantitative estimate of drug-likeness (QED) is 0.309. The molecule has 1 aliphatic rings. The van der Waals surface area contributed by atoms with E-state index in [2.05, 4.69) is 10.3 Å². The highest BCUT2D eigenvalue weighted by atomic mass is 32.1. The molecule has 2 amide bonds. The van der Waals surface area contributed by atoms with Crippen LogP contribution in [0.4, 0.5) is 9.93 Å². The van der Waals surface area contributed by atoms with Gasteiger partial charge in [-0.2, -0.15) is 0 Å². The van der Waals surface area contributed by atoms with Crippen LogP contribution in [0.5, 0.6) is 11.5 Å². The second-order valence-electron chi connectivity index (χ2n) is 8.68. The third-order valence-electron chi connectivity index (χ3n) is 5.71. The van der Waals surface area contributed by atoms with Crippen LogP contribution in [0.1, 0.15) is 56.6 Å². The molecule has 2 atom stereocenters. The number of benzene rings is 1. The van der Waals surface area contributed by atoms with Gasteiger partial charge in [-0.25, -0.2) is 9.78 Å². The summed E-state index contributed by atoms with van der Waals surface area (Å²) in [5, 5.41) is 4.85. The molecule has 0 radical (unpaired) electrons. The minimum absolute atomic E-state index is 0.0151. The number of rotatable bonds is 13. The van der Waals surface area contributed by atoms with Gasteiger partial charge in [-0.05, 0) is 39.3 Å². The molecule has 3 rings (SSSR count). The molecule has 38 heavy (non-hydrogen) atoms. The predicted octanol–water partition coefficient (Wildman–Crippen LogP) is 5.56. The lowest BCUT2D eigenvalue weighted by atomic mass is 10.1. The SMILES string of the molecule is CCOP(=O)(Cc1csc(NC(=O)c2cc(OC(C)CC)cc(O[C@H]3CCN(C(=O)OC)C3)c2)n1)OCC. The number of likely N-dealkylation sites (tertiary alicyclic amines) is 1. The Morgan fingerprint density at radius 3 is 2.55 bits per heavy atom. The summed E-state index contributed by atoms with van der Waals surface area (Å²) >= 11 is 1.22. The molecule has 1 fully saturated rings. The number of methoxy groups -OCH3 is 1. The Morgan fingerprint density at radius 1 is 1.18 bits per heavy atom. The molecule has 1 unspecified atom stereocenters. The molecule has 1 N–H and O–H groups in total. The van der Waals surface area contributed by atoms with Crippen molar-refractivity contribution >= 4 is 36.1 Å². The second kappa shape index (κ2) is 13.9. The summed E-state index contributed by atoms with van der Waals surface area (Å²) in [5.41, 5.74) is 0.833. The van der Waals surface area contributed by atoms with E-state index in [0.717, 1.165) is 6.42 Å². The first-order valence-electron chi connectivity index (χ1n) is 12.6. The van der Waals surface area contributed by atoms with E-state index >= 15 is 0 Å². The van der Waals surface area contributed by atoms with Gasteiger partial charge >= 0.3 is 13.7 Å². The monoisotopic (exact) mass is 569 g/mol. The Morgan fingerprint density at radius 2 is 1.89 bits per heavy atom. The molecule has 1 aromatic heterocycles. The van der Waals surface area contributed by atoms with Gasteiger partial charge in [0.2, 0.25) is 0 Å². The highest BCUT2D eigenvalue weighted by Crippen LogP contribution is 2.51. The average Bonchev–Trinajstić information content (AvgIpc) is 3.52. The number of amides is 2. The number of nitrogens with zero attached hydrogens (tertiary/aromatic N) is 2. The maximum atomic E-state index is 13.2. The zero-order valence-corrected chi connectivity index (χ0v) is 24.1. The van der Waals surface area contributed by atoms with Crippen LogP contribution in [0.15, 0.2) is 23.6 Å². The maximum Gasteiger partial charge on any atom is 0.409 e. The number of anilines is 1. The van der Waals surface area contributed by atoms with Crippen molar-refractivity contribution in [2.75, 3.05) is 38.7 Å². The Kier molecular flexibility index (Phi) is 11.0. The zero-order chi connectivity index (χ0) is 27.7. The van der Waals surface area contributed by atoms with Crippen LogP contribution in [-0.4, -0.2) is 67.5 Å². The number of aromatic nitrogens is 1. The number of hydrogen-bond donors (Lipinski definition) is 1. The average molecular weight is 570 g/mol. The molecule has 0 bridgehead atoms. The van der Waals surface area contributed by atoms with Crippen LogP contribution >= 0.6 is 18.9 Å². The largest absolute Gasteiger partial charge is 0.491 e. The number of carbonyl (C=O) groups is 2.